The molecular weight excluding hydrogens is 198 g/mol. The molecule has 0 spiro atoms. The molecule has 1 N–H and O–H groups in total. The fourth-order valence-corrected chi connectivity index (χ4v) is 1.78. The Morgan fingerprint density at radius 3 is 2.40 bits per heavy atom. The highest BCUT2D eigenvalue weighted by molar-refractivity contribution is 5.38. The van der Waals surface area contributed by atoms with Crippen LogP contribution in [0.2, 0.25) is 0 Å². The van der Waals surface area contributed by atoms with E-state index in [0.29, 0.717) is 0 Å². The van der Waals surface area contributed by atoms with E-state index < -0.39 is 12.4 Å². The zero-order chi connectivity index (χ0) is 10.9. The normalized spacial score (nSPS) is 19.0. The molecular formula is C12H12F2O. The van der Waals surface area contributed by atoms with Crippen LogP contribution in [0.1, 0.15) is 18.4 Å². The Bertz CT molecular complexity index is 377. The largest absolute Gasteiger partial charge is 0.389 e. The van der Waals surface area contributed by atoms with Gasteiger partial charge < -0.3 is 5.11 Å². The van der Waals surface area contributed by atoms with Crippen molar-refractivity contribution in [1.82, 2.24) is 0 Å². The molecule has 80 valence electrons. The minimum atomic E-state index is -0.567. The molecule has 1 aliphatic rings. The summed E-state index contributed by atoms with van der Waals surface area (Å²) in [5.74, 6) is -0.807. The molecule has 0 radical (unpaired) electrons. The van der Waals surface area contributed by atoms with Crippen molar-refractivity contribution in [3.05, 3.63) is 47.5 Å². The topological polar surface area (TPSA) is 20.2 Å². The third kappa shape index (κ3) is 2.07. The first kappa shape index (κ1) is 10.3. The molecule has 0 bridgehead atoms. The van der Waals surface area contributed by atoms with Crippen LogP contribution in [-0.2, 0) is 5.41 Å². The highest BCUT2D eigenvalue weighted by Crippen LogP contribution is 2.50. The van der Waals surface area contributed by atoms with Crippen LogP contribution in [0.4, 0.5) is 8.78 Å². The van der Waals surface area contributed by atoms with Gasteiger partial charge in [-0.05, 0) is 36.6 Å². The van der Waals surface area contributed by atoms with Gasteiger partial charge in [-0.25, -0.2) is 8.78 Å². The quantitative estimate of drug-likeness (QED) is 0.813. The van der Waals surface area contributed by atoms with E-state index in [4.69, 9.17) is 5.11 Å². The molecule has 1 aliphatic carbocycles. The number of halogens is 2. The molecule has 0 atom stereocenters. The van der Waals surface area contributed by atoms with Crippen molar-refractivity contribution in [2.75, 3.05) is 6.61 Å². The molecule has 0 aromatic heterocycles. The van der Waals surface area contributed by atoms with E-state index in [0.717, 1.165) is 18.4 Å². The van der Waals surface area contributed by atoms with Crippen molar-refractivity contribution in [3.63, 3.8) is 0 Å². The summed E-state index contributed by atoms with van der Waals surface area (Å²) in [6.07, 6.45) is 3.15. The monoisotopic (exact) mass is 210 g/mol. The maximum absolute atomic E-state index is 13.0. The van der Waals surface area contributed by atoms with Crippen molar-refractivity contribution in [2.24, 2.45) is 0 Å². The van der Waals surface area contributed by atoms with Crippen LogP contribution < -0.4 is 0 Å². The summed E-state index contributed by atoms with van der Waals surface area (Å²) < 4.78 is 25.7. The predicted molar refractivity (Wildman–Crippen MR) is 53.6 cm³/mol. The maximum atomic E-state index is 13.0. The van der Waals surface area contributed by atoms with Crippen LogP contribution in [0.5, 0.6) is 0 Å². The summed E-state index contributed by atoms with van der Waals surface area (Å²) in [6.45, 7) is -0.567. The van der Waals surface area contributed by atoms with Gasteiger partial charge in [-0.3, -0.25) is 0 Å². The zero-order valence-electron chi connectivity index (χ0n) is 8.21. The third-order valence-corrected chi connectivity index (χ3v) is 2.79. The fourth-order valence-electron chi connectivity index (χ4n) is 1.78. The molecule has 1 aromatic carbocycles. The first-order chi connectivity index (χ1) is 7.16. The lowest BCUT2D eigenvalue weighted by molar-refractivity contribution is 0.296. The number of rotatable bonds is 3. The second-order valence-corrected chi connectivity index (χ2v) is 3.91. The molecule has 0 aliphatic heterocycles. The van der Waals surface area contributed by atoms with Crippen LogP contribution >= 0.6 is 0 Å². The van der Waals surface area contributed by atoms with E-state index in [1.165, 1.54) is 18.2 Å². The van der Waals surface area contributed by atoms with Gasteiger partial charge in [0.2, 0.25) is 0 Å². The molecule has 3 heteroatoms. The van der Waals surface area contributed by atoms with Crippen LogP contribution in [0.25, 0.3) is 0 Å². The summed E-state index contributed by atoms with van der Waals surface area (Å²) in [6, 6.07) is 6.09. The Morgan fingerprint density at radius 1 is 1.33 bits per heavy atom. The molecule has 2 rings (SSSR count). The van der Waals surface area contributed by atoms with Gasteiger partial charge in [-0.1, -0.05) is 12.1 Å². The lowest BCUT2D eigenvalue weighted by Gasteiger charge is -2.10. The fraction of sp³-hybridized carbons (Fsp3) is 0.333. The Kier molecular flexibility index (Phi) is 2.57. The highest BCUT2D eigenvalue weighted by atomic mass is 19.1. The van der Waals surface area contributed by atoms with Crippen molar-refractivity contribution < 1.29 is 13.9 Å². The molecule has 1 fully saturated rings. The van der Waals surface area contributed by atoms with Gasteiger partial charge in [-0.15, -0.1) is 0 Å². The predicted octanol–water partition coefficient (Wildman–Crippen LogP) is 2.70. The lowest BCUT2D eigenvalue weighted by Crippen LogP contribution is -2.04. The number of aliphatic hydroxyl groups excluding tert-OH is 1. The van der Waals surface area contributed by atoms with Gasteiger partial charge in [0.15, 0.2) is 0 Å². The van der Waals surface area contributed by atoms with Gasteiger partial charge in [0, 0.05) is 5.41 Å². The van der Waals surface area contributed by atoms with Gasteiger partial charge in [0.05, 0.1) is 6.61 Å². The Balaban J connectivity index is 2.27. The summed E-state index contributed by atoms with van der Waals surface area (Å²) in [4.78, 5) is 0. The summed E-state index contributed by atoms with van der Waals surface area (Å²) in [7, 11) is 0. The molecule has 15 heavy (non-hydrogen) atoms. The standard InChI is InChI=1S/C12H12F2O/c13-10-3-1-9(2-4-10)12(5-6-12)7-11(14)8-15/h1-4,7,15H,5-6,8H2/b11-7+. The number of allylic oxidation sites excluding steroid dienone is 1. The molecule has 0 unspecified atom stereocenters. The van der Waals surface area contributed by atoms with Gasteiger partial charge in [-0.2, -0.15) is 0 Å². The van der Waals surface area contributed by atoms with Crippen LogP contribution in [-0.4, -0.2) is 11.7 Å². The summed E-state index contributed by atoms with van der Waals surface area (Å²) in [5.41, 5.74) is 0.605. The van der Waals surface area contributed by atoms with Crippen molar-refractivity contribution >= 4 is 0 Å². The Morgan fingerprint density at radius 2 is 1.93 bits per heavy atom. The minimum Gasteiger partial charge on any atom is -0.389 e. The SMILES string of the molecule is OC/C(F)=C\C1(c2ccc(F)cc2)CC1. The number of hydrogen-bond donors (Lipinski definition) is 1. The van der Waals surface area contributed by atoms with Crippen LogP contribution in [0, 0.1) is 5.82 Å². The van der Waals surface area contributed by atoms with E-state index in [2.05, 4.69) is 0 Å². The average Bonchev–Trinajstić information content (AvgIpc) is 3.00. The Hall–Kier alpha value is -1.22. The van der Waals surface area contributed by atoms with Crippen molar-refractivity contribution in [1.29, 1.82) is 0 Å². The summed E-state index contributed by atoms with van der Waals surface area (Å²) in [5, 5.41) is 8.61. The zero-order valence-corrected chi connectivity index (χ0v) is 8.21. The molecule has 1 saturated carbocycles. The second kappa shape index (κ2) is 3.74. The molecule has 0 amide bonds. The number of benzene rings is 1. The van der Waals surface area contributed by atoms with Crippen molar-refractivity contribution in [3.8, 4) is 0 Å². The number of aliphatic hydroxyl groups is 1. The molecule has 0 heterocycles. The maximum Gasteiger partial charge on any atom is 0.123 e. The van der Waals surface area contributed by atoms with E-state index >= 15 is 0 Å². The Labute approximate surface area is 87.1 Å². The highest BCUT2D eigenvalue weighted by Gasteiger charge is 2.42. The van der Waals surface area contributed by atoms with Crippen LogP contribution in [0.15, 0.2) is 36.2 Å². The van der Waals surface area contributed by atoms with Crippen molar-refractivity contribution in [2.45, 2.75) is 18.3 Å². The van der Waals surface area contributed by atoms with Gasteiger partial charge in [0.25, 0.3) is 0 Å². The third-order valence-electron chi connectivity index (χ3n) is 2.79. The van der Waals surface area contributed by atoms with Gasteiger partial charge >= 0.3 is 0 Å². The van der Waals surface area contributed by atoms with E-state index in [1.54, 1.807) is 12.1 Å². The van der Waals surface area contributed by atoms with E-state index in [-0.39, 0.29) is 11.2 Å². The van der Waals surface area contributed by atoms with Gasteiger partial charge in [0.1, 0.15) is 11.6 Å². The lowest BCUT2D eigenvalue weighted by atomic mass is 9.95. The van der Waals surface area contributed by atoms with E-state index in [1.807, 2.05) is 0 Å². The molecule has 1 nitrogen and oxygen atoms in total. The van der Waals surface area contributed by atoms with E-state index in [9.17, 15) is 8.78 Å². The minimum absolute atomic E-state index is 0.291. The smallest absolute Gasteiger partial charge is 0.123 e. The molecule has 1 aromatic rings. The second-order valence-electron chi connectivity index (χ2n) is 3.91. The average molecular weight is 210 g/mol. The molecule has 0 saturated heterocycles. The first-order valence-electron chi connectivity index (χ1n) is 4.90. The summed E-state index contributed by atoms with van der Waals surface area (Å²) >= 11 is 0. The first-order valence-corrected chi connectivity index (χ1v) is 4.90. The number of hydrogen-bond acceptors (Lipinski definition) is 1. The van der Waals surface area contributed by atoms with Crippen LogP contribution in [0.3, 0.4) is 0 Å².